The second-order valence-corrected chi connectivity index (χ2v) is 10.3. The molecule has 38 heavy (non-hydrogen) atoms. The minimum atomic E-state index is -4.77. The van der Waals surface area contributed by atoms with E-state index in [4.69, 9.17) is 4.74 Å². The minimum Gasteiger partial charge on any atom is -0.495 e. The van der Waals surface area contributed by atoms with Gasteiger partial charge < -0.3 is 9.26 Å². The van der Waals surface area contributed by atoms with Gasteiger partial charge >= 0.3 is 6.36 Å². The predicted octanol–water partition coefficient (Wildman–Crippen LogP) is 4.57. The van der Waals surface area contributed by atoms with Crippen molar-refractivity contribution in [2.75, 3.05) is 18.4 Å². The quantitative estimate of drug-likeness (QED) is 0.318. The second kappa shape index (κ2) is 9.44. The van der Waals surface area contributed by atoms with Gasteiger partial charge in [-0.05, 0) is 54.2 Å². The van der Waals surface area contributed by atoms with Gasteiger partial charge in [0.1, 0.15) is 17.8 Å². The normalized spacial score (nSPS) is 17.5. The predicted molar refractivity (Wildman–Crippen MR) is 126 cm³/mol. The maximum atomic E-state index is 15.2. The standard InChI is InChI=1S/C24H19F4N3O6S/c1-35-21-10-17(16-9-14(16)12-36-24(26,27)28)18(25)11-20(21)31-19-4-3-15(8-13(19)2-5-23(31)32)38(33,34)30-22-6-7-37-29-22/h2-8,10-11,14,16H,9,12H2,1H3,(H,29,30)/t14-,16?/m0/s1. The van der Waals surface area contributed by atoms with Crippen LogP contribution in [0.2, 0.25) is 0 Å². The van der Waals surface area contributed by atoms with Crippen LogP contribution in [-0.2, 0) is 14.8 Å². The van der Waals surface area contributed by atoms with Crippen LogP contribution in [0.25, 0.3) is 16.6 Å². The highest BCUT2D eigenvalue weighted by molar-refractivity contribution is 7.92. The van der Waals surface area contributed by atoms with Crippen molar-refractivity contribution in [3.8, 4) is 11.4 Å². The van der Waals surface area contributed by atoms with E-state index in [1.807, 2.05) is 0 Å². The molecule has 1 unspecified atom stereocenters. The fraction of sp³-hybridized carbons (Fsp3) is 0.250. The third kappa shape index (κ3) is 5.09. The van der Waals surface area contributed by atoms with Crippen LogP contribution in [0.5, 0.6) is 5.75 Å². The lowest BCUT2D eigenvalue weighted by atomic mass is 10.1. The Morgan fingerprint density at radius 3 is 2.63 bits per heavy atom. The van der Waals surface area contributed by atoms with Gasteiger partial charge in [0.15, 0.2) is 5.82 Å². The highest BCUT2D eigenvalue weighted by Crippen LogP contribution is 2.50. The number of rotatable bonds is 8. The largest absolute Gasteiger partial charge is 0.522 e. The molecule has 1 N–H and O–H groups in total. The summed E-state index contributed by atoms with van der Waals surface area (Å²) in [5.41, 5.74) is -0.0697. The smallest absolute Gasteiger partial charge is 0.495 e. The first kappa shape index (κ1) is 25.7. The molecule has 2 aromatic heterocycles. The van der Waals surface area contributed by atoms with Crippen LogP contribution in [0, 0.1) is 11.7 Å². The molecule has 1 aliphatic rings. The third-order valence-electron chi connectivity index (χ3n) is 6.18. The van der Waals surface area contributed by atoms with Crippen LogP contribution in [0.1, 0.15) is 17.9 Å². The van der Waals surface area contributed by atoms with Crippen molar-refractivity contribution in [2.45, 2.75) is 23.6 Å². The molecule has 5 rings (SSSR count). The van der Waals surface area contributed by atoms with E-state index < -0.39 is 46.2 Å². The van der Waals surface area contributed by atoms with Crippen LogP contribution in [0.4, 0.5) is 23.4 Å². The summed E-state index contributed by atoms with van der Waals surface area (Å²) >= 11 is 0. The molecule has 1 saturated carbocycles. The summed E-state index contributed by atoms with van der Waals surface area (Å²) in [7, 11) is -2.72. The van der Waals surface area contributed by atoms with Gasteiger partial charge in [0, 0.05) is 23.6 Å². The fourth-order valence-corrected chi connectivity index (χ4v) is 5.32. The Kier molecular flexibility index (Phi) is 6.39. The number of nitrogens with one attached hydrogen (secondary N) is 1. The van der Waals surface area contributed by atoms with Crippen LogP contribution in [-0.4, -0.2) is 38.2 Å². The Morgan fingerprint density at radius 2 is 1.95 bits per heavy atom. The zero-order valence-electron chi connectivity index (χ0n) is 19.5. The monoisotopic (exact) mass is 553 g/mol. The first-order valence-corrected chi connectivity index (χ1v) is 12.6. The molecular weight excluding hydrogens is 534 g/mol. The van der Waals surface area contributed by atoms with Gasteiger partial charge in [0.25, 0.3) is 15.6 Å². The summed E-state index contributed by atoms with van der Waals surface area (Å²) in [4.78, 5) is 12.8. The molecule has 0 radical (unpaired) electrons. The van der Waals surface area contributed by atoms with Crippen molar-refractivity contribution in [3.63, 3.8) is 0 Å². The first-order valence-electron chi connectivity index (χ1n) is 11.1. The average molecular weight is 553 g/mol. The van der Waals surface area contributed by atoms with Crippen LogP contribution >= 0.6 is 0 Å². The SMILES string of the molecule is COc1cc(C2C[C@H]2COC(F)(F)F)c(F)cc1-n1c(=O)ccc2cc(S(=O)(=O)Nc3ccon3)ccc21. The number of aromatic nitrogens is 2. The molecule has 200 valence electrons. The van der Waals surface area contributed by atoms with Crippen molar-refractivity contribution < 1.29 is 40.0 Å². The summed E-state index contributed by atoms with van der Waals surface area (Å²) in [6.07, 6.45) is -3.26. The van der Waals surface area contributed by atoms with Gasteiger partial charge in [-0.2, -0.15) is 0 Å². The maximum Gasteiger partial charge on any atom is 0.522 e. The van der Waals surface area contributed by atoms with Gasteiger partial charge in [-0.3, -0.25) is 18.8 Å². The van der Waals surface area contributed by atoms with Crippen molar-refractivity contribution in [1.29, 1.82) is 0 Å². The molecule has 0 amide bonds. The van der Waals surface area contributed by atoms with Crippen LogP contribution < -0.4 is 15.0 Å². The second-order valence-electron chi connectivity index (χ2n) is 8.62. The zero-order valence-corrected chi connectivity index (χ0v) is 20.3. The lowest BCUT2D eigenvalue weighted by Crippen LogP contribution is -2.19. The Hall–Kier alpha value is -3.91. The number of halogens is 4. The molecule has 1 fully saturated rings. The molecule has 0 spiro atoms. The molecule has 4 aromatic rings. The topological polar surface area (TPSA) is 113 Å². The van der Waals surface area contributed by atoms with Crippen molar-refractivity contribution in [1.82, 2.24) is 9.72 Å². The van der Waals surface area contributed by atoms with E-state index in [1.54, 1.807) is 0 Å². The van der Waals surface area contributed by atoms with Gasteiger partial charge in [-0.15, -0.1) is 13.2 Å². The molecule has 0 saturated heterocycles. The van der Waals surface area contributed by atoms with Crippen molar-refractivity contribution >= 4 is 26.7 Å². The summed E-state index contributed by atoms with van der Waals surface area (Å²) in [6.45, 7) is -0.586. The van der Waals surface area contributed by atoms with E-state index in [0.717, 1.165) is 6.07 Å². The van der Waals surface area contributed by atoms with Gasteiger partial charge in [0.05, 0.1) is 29.8 Å². The Labute approximate surface area is 212 Å². The number of ether oxygens (including phenoxy) is 2. The van der Waals surface area contributed by atoms with Crippen molar-refractivity contribution in [3.05, 3.63) is 76.5 Å². The van der Waals surface area contributed by atoms with E-state index in [9.17, 15) is 26.4 Å². The molecule has 9 nitrogen and oxygen atoms in total. The van der Waals surface area contributed by atoms with Crippen molar-refractivity contribution in [2.24, 2.45) is 5.92 Å². The zero-order chi connectivity index (χ0) is 27.2. The molecule has 1 aliphatic carbocycles. The van der Waals surface area contributed by atoms with E-state index in [-0.39, 0.29) is 33.2 Å². The number of fused-ring (bicyclic) bond motifs is 1. The summed E-state index contributed by atoms with van der Waals surface area (Å²) in [5.74, 6) is -1.62. The minimum absolute atomic E-state index is 0.0155. The summed E-state index contributed by atoms with van der Waals surface area (Å²) in [5, 5.41) is 3.87. The third-order valence-corrected chi connectivity index (χ3v) is 7.53. The Balaban J connectivity index is 1.51. The number of hydrogen-bond acceptors (Lipinski definition) is 7. The number of nitrogens with zero attached hydrogens (tertiary/aromatic N) is 2. The number of hydrogen-bond donors (Lipinski definition) is 1. The van der Waals surface area contributed by atoms with E-state index >= 15 is 4.39 Å². The number of anilines is 1. The Morgan fingerprint density at radius 1 is 1.16 bits per heavy atom. The summed E-state index contributed by atoms with van der Waals surface area (Å²) in [6, 6.07) is 10.4. The molecule has 14 heteroatoms. The fourth-order valence-electron chi connectivity index (χ4n) is 4.30. The maximum absolute atomic E-state index is 15.2. The highest BCUT2D eigenvalue weighted by atomic mass is 32.2. The average Bonchev–Trinajstić information content (AvgIpc) is 3.46. The molecule has 2 heterocycles. The van der Waals surface area contributed by atoms with Gasteiger partial charge in [-0.1, -0.05) is 5.16 Å². The molecule has 2 aromatic carbocycles. The van der Waals surface area contributed by atoms with Crippen LogP contribution in [0.3, 0.4) is 0 Å². The summed E-state index contributed by atoms with van der Waals surface area (Å²) < 4.78 is 95.1. The Bertz CT molecular complexity index is 1670. The lowest BCUT2D eigenvalue weighted by Gasteiger charge is -2.16. The van der Waals surface area contributed by atoms with Crippen LogP contribution in [0.15, 0.2) is 69.0 Å². The van der Waals surface area contributed by atoms with E-state index in [1.165, 1.54) is 60.4 Å². The number of sulfonamides is 1. The molecule has 0 aliphatic heterocycles. The molecule has 0 bridgehead atoms. The number of benzene rings is 2. The highest BCUT2D eigenvalue weighted by Gasteiger charge is 2.43. The number of alkyl halides is 3. The molecule has 2 atom stereocenters. The van der Waals surface area contributed by atoms with E-state index in [0.29, 0.717) is 11.8 Å². The lowest BCUT2D eigenvalue weighted by molar-refractivity contribution is -0.326. The van der Waals surface area contributed by atoms with Gasteiger partial charge in [0.2, 0.25) is 0 Å². The molecular formula is C24H19F4N3O6S. The number of pyridine rings is 1. The van der Waals surface area contributed by atoms with E-state index in [2.05, 4.69) is 19.1 Å². The number of methoxy groups -OCH3 is 1. The van der Waals surface area contributed by atoms with Gasteiger partial charge in [-0.25, -0.2) is 12.8 Å². The first-order chi connectivity index (χ1) is 18.0.